The van der Waals surface area contributed by atoms with Crippen molar-refractivity contribution in [2.24, 2.45) is 5.73 Å². The van der Waals surface area contributed by atoms with Crippen LogP contribution in [0, 0.1) is 0 Å². The zero-order valence-electron chi connectivity index (χ0n) is 13.5. The van der Waals surface area contributed by atoms with Crippen molar-refractivity contribution in [3.63, 3.8) is 0 Å². The number of nitrogens with two attached hydrogens (primary N) is 1. The molecule has 0 saturated carbocycles. The highest BCUT2D eigenvalue weighted by molar-refractivity contribution is 5.37. The number of hydrogen-bond donors (Lipinski definition) is 1. The summed E-state index contributed by atoms with van der Waals surface area (Å²) in [5.41, 5.74) is 9.37. The Balaban J connectivity index is 1.93. The van der Waals surface area contributed by atoms with Gasteiger partial charge in [-0.3, -0.25) is 4.90 Å². The van der Waals surface area contributed by atoms with Crippen molar-refractivity contribution in [2.45, 2.75) is 43.7 Å². The molecule has 0 radical (unpaired) electrons. The number of piperidine rings is 1. The fourth-order valence-corrected chi connectivity index (χ4v) is 4.43. The summed E-state index contributed by atoms with van der Waals surface area (Å²) >= 11 is 0. The van der Waals surface area contributed by atoms with Gasteiger partial charge in [0, 0.05) is 19.1 Å². The zero-order valence-corrected chi connectivity index (χ0v) is 13.5. The fourth-order valence-electron chi connectivity index (χ4n) is 4.43. The molecule has 1 aliphatic heterocycles. The van der Waals surface area contributed by atoms with Crippen LogP contribution in [0.1, 0.15) is 36.8 Å². The minimum atomic E-state index is 0.0394. The van der Waals surface area contributed by atoms with E-state index < -0.39 is 0 Å². The molecule has 2 N–H and O–H groups in total. The maximum Gasteiger partial charge on any atom is 0.0586 e. The molecule has 0 aromatic heterocycles. The van der Waals surface area contributed by atoms with Gasteiger partial charge in [-0.2, -0.15) is 0 Å². The lowest BCUT2D eigenvalue weighted by Crippen LogP contribution is -2.58. The van der Waals surface area contributed by atoms with Crippen LogP contribution in [-0.2, 0) is 12.0 Å². The molecule has 2 aliphatic rings. The van der Waals surface area contributed by atoms with E-state index in [-0.39, 0.29) is 5.54 Å². The molecule has 2 unspecified atom stereocenters. The van der Waals surface area contributed by atoms with Crippen molar-refractivity contribution in [3.05, 3.63) is 35.4 Å². The maximum atomic E-state index is 6.34. The largest absolute Gasteiger partial charge is 0.328 e. The van der Waals surface area contributed by atoms with E-state index in [0.29, 0.717) is 6.04 Å². The monoisotopic (exact) mass is 287 g/mol. The van der Waals surface area contributed by atoms with Gasteiger partial charge in [0.1, 0.15) is 0 Å². The average molecular weight is 287 g/mol. The van der Waals surface area contributed by atoms with Gasteiger partial charge in [-0.25, -0.2) is 0 Å². The topological polar surface area (TPSA) is 32.5 Å². The second-order valence-corrected chi connectivity index (χ2v) is 6.92. The van der Waals surface area contributed by atoms with Crippen molar-refractivity contribution in [1.29, 1.82) is 0 Å². The third kappa shape index (κ3) is 2.63. The summed E-state index contributed by atoms with van der Waals surface area (Å²) in [4.78, 5) is 5.07. The van der Waals surface area contributed by atoms with Gasteiger partial charge in [0.05, 0.1) is 5.54 Å². The number of rotatable bonds is 3. The van der Waals surface area contributed by atoms with Gasteiger partial charge in [0.2, 0.25) is 0 Å². The number of benzene rings is 1. The van der Waals surface area contributed by atoms with Gasteiger partial charge in [-0.05, 0) is 63.9 Å². The Bertz CT molecular complexity index is 487. The van der Waals surface area contributed by atoms with Crippen LogP contribution < -0.4 is 5.73 Å². The summed E-state index contributed by atoms with van der Waals surface area (Å²) in [5.74, 6) is 0. The van der Waals surface area contributed by atoms with Crippen LogP contribution in [0.5, 0.6) is 0 Å². The molecule has 2 atom stereocenters. The minimum absolute atomic E-state index is 0.0394. The number of likely N-dealkylation sites (N-methyl/N-ethyl adjacent to an activating group) is 2. The highest BCUT2D eigenvalue weighted by Gasteiger charge is 2.42. The standard InChI is InChI=1S/C18H29N3/c1-20-12-6-9-16(13-20)21(2)18(14-19)11-5-8-15-7-3-4-10-17(15)18/h3-4,7,10,16H,5-6,8-9,11-14,19H2,1-2H3. The second kappa shape index (κ2) is 6.07. The highest BCUT2D eigenvalue weighted by Crippen LogP contribution is 2.40. The molecule has 116 valence electrons. The first-order valence-electron chi connectivity index (χ1n) is 8.37. The van der Waals surface area contributed by atoms with Crippen LogP contribution >= 0.6 is 0 Å². The third-order valence-electron chi connectivity index (χ3n) is 5.72. The first-order valence-corrected chi connectivity index (χ1v) is 8.37. The number of aryl methyl sites for hydroxylation is 1. The molecule has 3 rings (SSSR count). The summed E-state index contributed by atoms with van der Waals surface area (Å²) < 4.78 is 0. The Morgan fingerprint density at radius 1 is 1.33 bits per heavy atom. The van der Waals surface area contributed by atoms with Crippen LogP contribution in [0.2, 0.25) is 0 Å². The van der Waals surface area contributed by atoms with E-state index >= 15 is 0 Å². The van der Waals surface area contributed by atoms with Gasteiger partial charge < -0.3 is 10.6 Å². The summed E-state index contributed by atoms with van der Waals surface area (Å²) in [6.07, 6.45) is 6.24. The SMILES string of the molecule is CN1CCCC(N(C)C2(CN)CCCc3ccccc32)C1. The number of hydrogen-bond acceptors (Lipinski definition) is 3. The Morgan fingerprint density at radius 2 is 2.14 bits per heavy atom. The molecule has 0 bridgehead atoms. The molecule has 1 aliphatic carbocycles. The molecule has 3 heteroatoms. The maximum absolute atomic E-state index is 6.34. The molecule has 1 fully saturated rings. The predicted octanol–water partition coefficient (Wildman–Crippen LogP) is 2.20. The van der Waals surface area contributed by atoms with Crippen LogP contribution in [-0.4, -0.2) is 49.6 Å². The lowest BCUT2D eigenvalue weighted by Gasteiger charge is -2.50. The molecule has 0 spiro atoms. The predicted molar refractivity (Wildman–Crippen MR) is 88.4 cm³/mol. The van der Waals surface area contributed by atoms with Crippen LogP contribution in [0.25, 0.3) is 0 Å². The van der Waals surface area contributed by atoms with E-state index in [9.17, 15) is 0 Å². The van der Waals surface area contributed by atoms with E-state index in [1.807, 2.05) is 0 Å². The first kappa shape index (κ1) is 15.0. The van der Waals surface area contributed by atoms with Crippen molar-refractivity contribution in [1.82, 2.24) is 9.80 Å². The molecule has 0 amide bonds. The average Bonchev–Trinajstić information content (AvgIpc) is 2.53. The quantitative estimate of drug-likeness (QED) is 0.925. The van der Waals surface area contributed by atoms with Crippen molar-refractivity contribution < 1.29 is 0 Å². The van der Waals surface area contributed by atoms with Crippen LogP contribution in [0.4, 0.5) is 0 Å². The Labute approximate surface area is 129 Å². The van der Waals surface area contributed by atoms with Gasteiger partial charge in [0.15, 0.2) is 0 Å². The second-order valence-electron chi connectivity index (χ2n) is 6.92. The summed E-state index contributed by atoms with van der Waals surface area (Å²) in [7, 11) is 4.54. The normalized spacial score (nSPS) is 30.4. The molecular formula is C18H29N3. The van der Waals surface area contributed by atoms with Crippen molar-refractivity contribution >= 4 is 0 Å². The molecule has 1 aromatic rings. The van der Waals surface area contributed by atoms with Gasteiger partial charge in [-0.1, -0.05) is 24.3 Å². The number of likely N-dealkylation sites (tertiary alicyclic amines) is 1. The summed E-state index contributed by atoms with van der Waals surface area (Å²) in [5, 5.41) is 0. The first-order chi connectivity index (χ1) is 10.2. The van der Waals surface area contributed by atoms with E-state index in [2.05, 4.69) is 48.2 Å². The lowest BCUT2D eigenvalue weighted by atomic mass is 9.74. The fraction of sp³-hybridized carbons (Fsp3) is 0.667. The van der Waals surface area contributed by atoms with E-state index in [1.54, 1.807) is 0 Å². The molecule has 1 heterocycles. The van der Waals surface area contributed by atoms with Gasteiger partial charge >= 0.3 is 0 Å². The third-order valence-corrected chi connectivity index (χ3v) is 5.72. The van der Waals surface area contributed by atoms with Gasteiger partial charge in [0.25, 0.3) is 0 Å². The molecule has 21 heavy (non-hydrogen) atoms. The molecule has 1 saturated heterocycles. The summed E-state index contributed by atoms with van der Waals surface area (Å²) in [6, 6.07) is 9.57. The van der Waals surface area contributed by atoms with Gasteiger partial charge in [-0.15, -0.1) is 0 Å². The molecule has 3 nitrogen and oxygen atoms in total. The highest BCUT2D eigenvalue weighted by atomic mass is 15.3. The van der Waals surface area contributed by atoms with Crippen LogP contribution in [0.15, 0.2) is 24.3 Å². The Hall–Kier alpha value is -0.900. The minimum Gasteiger partial charge on any atom is -0.328 e. The lowest BCUT2D eigenvalue weighted by molar-refractivity contribution is 0.0244. The smallest absolute Gasteiger partial charge is 0.0586 e. The van der Waals surface area contributed by atoms with Crippen molar-refractivity contribution in [2.75, 3.05) is 33.7 Å². The van der Waals surface area contributed by atoms with Crippen molar-refractivity contribution in [3.8, 4) is 0 Å². The van der Waals surface area contributed by atoms with E-state index in [1.165, 1.54) is 56.3 Å². The number of nitrogens with zero attached hydrogens (tertiary/aromatic N) is 2. The molecule has 1 aromatic carbocycles. The molecular weight excluding hydrogens is 258 g/mol. The number of fused-ring (bicyclic) bond motifs is 1. The Morgan fingerprint density at radius 3 is 2.90 bits per heavy atom. The van der Waals surface area contributed by atoms with E-state index in [4.69, 9.17) is 5.73 Å². The summed E-state index contributed by atoms with van der Waals surface area (Å²) in [6.45, 7) is 3.12. The zero-order chi connectivity index (χ0) is 14.9. The van der Waals surface area contributed by atoms with E-state index in [0.717, 1.165) is 6.54 Å². The van der Waals surface area contributed by atoms with Crippen LogP contribution in [0.3, 0.4) is 0 Å². The Kier molecular flexibility index (Phi) is 4.34.